The SMILES string of the molecule is CS(=O)CCN1CCn2c(C3CCCN3C(=O)OCc3ccccc3)nc(=O)c(O)c2C1=O. The van der Waals surface area contributed by atoms with Crippen LogP contribution < -0.4 is 5.56 Å². The average molecular weight is 475 g/mol. The number of hydrogen-bond donors (Lipinski definition) is 1. The first-order chi connectivity index (χ1) is 15.9. The molecule has 0 radical (unpaired) electrons. The number of carbonyl (C=O) groups excluding carboxylic acids is 2. The minimum atomic E-state index is -1.08. The number of fused-ring (bicyclic) bond motifs is 1. The zero-order valence-electron chi connectivity index (χ0n) is 18.3. The number of nitrogens with zero attached hydrogens (tertiary/aromatic N) is 4. The lowest BCUT2D eigenvalue weighted by Crippen LogP contribution is -2.45. The minimum absolute atomic E-state index is 0.121. The van der Waals surface area contributed by atoms with Gasteiger partial charge in [0.2, 0.25) is 5.75 Å². The first-order valence-electron chi connectivity index (χ1n) is 10.8. The Morgan fingerprint density at radius 1 is 1.21 bits per heavy atom. The zero-order valence-corrected chi connectivity index (χ0v) is 19.1. The van der Waals surface area contributed by atoms with Gasteiger partial charge >= 0.3 is 11.7 Å². The molecular weight excluding hydrogens is 448 g/mol. The van der Waals surface area contributed by atoms with Gasteiger partial charge in [-0.3, -0.25) is 18.7 Å². The Morgan fingerprint density at radius 2 is 1.97 bits per heavy atom. The highest BCUT2D eigenvalue weighted by Gasteiger charge is 2.38. The van der Waals surface area contributed by atoms with Crippen LogP contribution in [-0.4, -0.2) is 72.3 Å². The van der Waals surface area contributed by atoms with Gasteiger partial charge < -0.3 is 19.3 Å². The van der Waals surface area contributed by atoms with E-state index in [2.05, 4.69) is 4.98 Å². The summed E-state index contributed by atoms with van der Waals surface area (Å²) in [6, 6.07) is 8.78. The predicted molar refractivity (Wildman–Crippen MR) is 120 cm³/mol. The molecule has 4 rings (SSSR count). The highest BCUT2D eigenvalue weighted by Crippen LogP contribution is 2.33. The standard InChI is InChI=1S/C22H26N4O6S/c1-33(31)13-12-24-10-11-26-17(21(24)29)18(27)20(28)23-19(26)16-8-5-9-25(16)22(30)32-14-15-6-3-2-4-7-15/h2-4,6-7,16,27H,5,8-14H2,1H3. The molecule has 1 aromatic carbocycles. The predicted octanol–water partition coefficient (Wildman–Crippen LogP) is 1.26. The van der Waals surface area contributed by atoms with Crippen molar-refractivity contribution in [3.8, 4) is 5.75 Å². The lowest BCUT2D eigenvalue weighted by atomic mass is 10.1. The summed E-state index contributed by atoms with van der Waals surface area (Å²) in [5.41, 5.74) is -0.186. The molecule has 2 aromatic rings. The molecule has 0 spiro atoms. The van der Waals surface area contributed by atoms with Crippen LogP contribution in [0.25, 0.3) is 0 Å². The molecule has 0 bridgehead atoms. The van der Waals surface area contributed by atoms with Crippen molar-refractivity contribution in [1.29, 1.82) is 0 Å². The van der Waals surface area contributed by atoms with Crippen LogP contribution in [0.4, 0.5) is 4.79 Å². The number of likely N-dealkylation sites (tertiary alicyclic amines) is 1. The Labute approximate surface area is 193 Å². The van der Waals surface area contributed by atoms with Gasteiger partial charge in [-0.2, -0.15) is 4.98 Å². The van der Waals surface area contributed by atoms with Crippen molar-refractivity contribution in [1.82, 2.24) is 19.4 Å². The van der Waals surface area contributed by atoms with E-state index in [1.165, 1.54) is 14.4 Å². The van der Waals surface area contributed by atoms with Gasteiger partial charge in [0.05, 0.1) is 6.04 Å². The van der Waals surface area contributed by atoms with E-state index in [0.717, 1.165) is 5.56 Å². The molecule has 2 unspecified atom stereocenters. The molecule has 2 aliphatic rings. The maximum absolute atomic E-state index is 13.0. The molecule has 1 saturated heterocycles. The Hall–Kier alpha value is -3.21. The van der Waals surface area contributed by atoms with E-state index in [9.17, 15) is 23.7 Å². The number of aromatic nitrogens is 2. The average Bonchev–Trinajstić information content (AvgIpc) is 3.29. The van der Waals surface area contributed by atoms with Crippen LogP contribution in [0, 0.1) is 0 Å². The molecule has 3 heterocycles. The van der Waals surface area contributed by atoms with Crippen LogP contribution in [0.1, 0.15) is 40.8 Å². The largest absolute Gasteiger partial charge is 0.501 e. The van der Waals surface area contributed by atoms with E-state index in [0.29, 0.717) is 38.2 Å². The third-order valence-electron chi connectivity index (χ3n) is 5.91. The third kappa shape index (κ3) is 4.77. The molecule has 33 heavy (non-hydrogen) atoms. The maximum atomic E-state index is 13.0. The summed E-state index contributed by atoms with van der Waals surface area (Å²) in [5.74, 6) is -0.643. The van der Waals surface area contributed by atoms with Gasteiger partial charge in [0.1, 0.15) is 12.4 Å². The van der Waals surface area contributed by atoms with Gasteiger partial charge in [0, 0.05) is 49.0 Å². The molecule has 0 aliphatic carbocycles. The molecular formula is C22H26N4O6S. The fraction of sp³-hybridized carbons (Fsp3) is 0.455. The third-order valence-corrected chi connectivity index (χ3v) is 6.67. The van der Waals surface area contributed by atoms with Crippen LogP contribution >= 0.6 is 0 Å². The highest BCUT2D eigenvalue weighted by molar-refractivity contribution is 7.84. The van der Waals surface area contributed by atoms with Crippen molar-refractivity contribution in [2.75, 3.05) is 31.6 Å². The van der Waals surface area contributed by atoms with Gasteiger partial charge in [0.15, 0.2) is 5.69 Å². The number of aromatic hydroxyl groups is 1. The summed E-state index contributed by atoms with van der Waals surface area (Å²) in [6.45, 7) is 1.44. The molecule has 1 aromatic heterocycles. The lowest BCUT2D eigenvalue weighted by Gasteiger charge is -2.33. The van der Waals surface area contributed by atoms with Gasteiger partial charge in [-0.1, -0.05) is 30.3 Å². The molecule has 2 atom stereocenters. The van der Waals surface area contributed by atoms with Crippen molar-refractivity contribution < 1.29 is 23.6 Å². The van der Waals surface area contributed by atoms with Gasteiger partial charge in [-0.05, 0) is 18.4 Å². The first-order valence-corrected chi connectivity index (χ1v) is 12.5. The zero-order chi connectivity index (χ0) is 23.5. The van der Waals surface area contributed by atoms with Gasteiger partial charge in [-0.25, -0.2) is 4.79 Å². The fourth-order valence-electron chi connectivity index (χ4n) is 4.24. The number of carbonyl (C=O) groups is 2. The van der Waals surface area contributed by atoms with Crippen molar-refractivity contribution in [2.24, 2.45) is 0 Å². The number of hydrogen-bond acceptors (Lipinski definition) is 7. The van der Waals surface area contributed by atoms with Gasteiger partial charge in [-0.15, -0.1) is 0 Å². The molecule has 2 amide bonds. The minimum Gasteiger partial charge on any atom is -0.501 e. The van der Waals surface area contributed by atoms with Crippen LogP contribution in [0.3, 0.4) is 0 Å². The van der Waals surface area contributed by atoms with E-state index in [4.69, 9.17) is 4.74 Å². The molecule has 10 nitrogen and oxygen atoms in total. The molecule has 0 saturated carbocycles. The topological polar surface area (TPSA) is 122 Å². The molecule has 176 valence electrons. The summed E-state index contributed by atoms with van der Waals surface area (Å²) in [4.78, 5) is 45.3. The second kappa shape index (κ2) is 9.74. The van der Waals surface area contributed by atoms with Crippen LogP contribution in [-0.2, 0) is 28.7 Å². The summed E-state index contributed by atoms with van der Waals surface area (Å²) in [7, 11) is -1.08. The molecule has 1 N–H and O–H groups in total. The Bertz CT molecular complexity index is 1140. The second-order valence-electron chi connectivity index (χ2n) is 8.09. The van der Waals surface area contributed by atoms with E-state index < -0.39 is 40.2 Å². The van der Waals surface area contributed by atoms with Crippen LogP contribution in [0.5, 0.6) is 5.75 Å². The Morgan fingerprint density at radius 3 is 2.70 bits per heavy atom. The van der Waals surface area contributed by atoms with E-state index >= 15 is 0 Å². The number of benzene rings is 1. The lowest BCUT2D eigenvalue weighted by molar-refractivity contribution is 0.0697. The maximum Gasteiger partial charge on any atom is 0.410 e. The van der Waals surface area contributed by atoms with E-state index in [1.807, 2.05) is 30.3 Å². The van der Waals surface area contributed by atoms with Crippen molar-refractivity contribution in [3.05, 3.63) is 57.8 Å². The molecule has 2 aliphatic heterocycles. The fourth-order valence-corrected chi connectivity index (χ4v) is 4.72. The van der Waals surface area contributed by atoms with E-state index in [1.54, 1.807) is 6.26 Å². The van der Waals surface area contributed by atoms with Crippen molar-refractivity contribution in [3.63, 3.8) is 0 Å². The van der Waals surface area contributed by atoms with Crippen molar-refractivity contribution >= 4 is 22.8 Å². The molecule has 1 fully saturated rings. The summed E-state index contributed by atoms with van der Waals surface area (Å²) in [5, 5.41) is 10.4. The normalized spacial score (nSPS) is 18.8. The monoisotopic (exact) mass is 474 g/mol. The van der Waals surface area contributed by atoms with Crippen LogP contribution in [0.2, 0.25) is 0 Å². The highest BCUT2D eigenvalue weighted by atomic mass is 32.2. The molecule has 11 heteroatoms. The second-order valence-corrected chi connectivity index (χ2v) is 9.64. The summed E-state index contributed by atoms with van der Waals surface area (Å²) < 4.78 is 18.4. The quantitative estimate of drug-likeness (QED) is 0.669. The van der Waals surface area contributed by atoms with Gasteiger partial charge in [0.25, 0.3) is 5.91 Å². The number of ether oxygens (including phenoxy) is 1. The Balaban J connectivity index is 1.59. The van der Waals surface area contributed by atoms with Crippen molar-refractivity contribution in [2.45, 2.75) is 32.0 Å². The smallest absolute Gasteiger partial charge is 0.410 e. The van der Waals surface area contributed by atoms with E-state index in [-0.39, 0.29) is 24.7 Å². The van der Waals surface area contributed by atoms with Crippen LogP contribution in [0.15, 0.2) is 35.1 Å². The summed E-state index contributed by atoms with van der Waals surface area (Å²) in [6.07, 6.45) is 2.29. The Kier molecular flexibility index (Phi) is 6.77. The number of amides is 2. The number of rotatable bonds is 6. The summed E-state index contributed by atoms with van der Waals surface area (Å²) >= 11 is 0. The first kappa shape index (κ1) is 23.0.